The van der Waals surface area contributed by atoms with Crippen LogP contribution in [0.2, 0.25) is 0 Å². The van der Waals surface area contributed by atoms with Crippen LogP contribution in [0.15, 0.2) is 34.7 Å². The smallest absolute Gasteiger partial charge is 0.238 e. The number of hydrogen-bond donors (Lipinski definition) is 3. The number of nitrogens with one attached hydrogen (secondary N) is 1. The van der Waals surface area contributed by atoms with Gasteiger partial charge in [-0.05, 0) is 19.1 Å². The van der Waals surface area contributed by atoms with Gasteiger partial charge in [0, 0.05) is 5.39 Å². The van der Waals surface area contributed by atoms with Crippen molar-refractivity contribution < 1.29 is 14.0 Å². The summed E-state index contributed by atoms with van der Waals surface area (Å²) >= 11 is 0. The number of carbonyl (C=O) groups is 2. The van der Waals surface area contributed by atoms with Crippen LogP contribution in [-0.2, 0) is 9.59 Å². The number of furan rings is 1. The van der Waals surface area contributed by atoms with Crippen LogP contribution in [-0.4, -0.2) is 17.9 Å². The van der Waals surface area contributed by atoms with Crippen molar-refractivity contribution in [3.05, 3.63) is 36.1 Å². The number of primary amides is 1. The lowest BCUT2D eigenvalue weighted by atomic mass is 10.1. The van der Waals surface area contributed by atoms with Crippen LogP contribution in [0.25, 0.3) is 11.0 Å². The maximum Gasteiger partial charge on any atom is 0.238 e. The second-order valence-corrected chi connectivity index (χ2v) is 4.69. The Hall–Kier alpha value is -2.05. The van der Waals surface area contributed by atoms with E-state index in [1.807, 2.05) is 30.3 Å². The van der Waals surface area contributed by atoms with E-state index in [2.05, 4.69) is 5.32 Å². The molecule has 2 rings (SSSR count). The molecule has 0 saturated heterocycles. The Morgan fingerprint density at radius 3 is 2.62 bits per heavy atom. The monoisotopic (exact) mass is 311 g/mol. The molecule has 1 aromatic carbocycles. The minimum atomic E-state index is -0.945. The van der Waals surface area contributed by atoms with Gasteiger partial charge in [-0.15, -0.1) is 12.4 Å². The number of benzene rings is 1. The number of carbonyl (C=O) groups excluding carboxylic acids is 2. The van der Waals surface area contributed by atoms with Gasteiger partial charge in [-0.1, -0.05) is 18.2 Å². The average molecular weight is 312 g/mol. The fourth-order valence-corrected chi connectivity index (χ4v) is 1.92. The molecule has 0 saturated carbocycles. The van der Waals surface area contributed by atoms with Crippen LogP contribution < -0.4 is 16.8 Å². The van der Waals surface area contributed by atoms with E-state index in [1.165, 1.54) is 0 Å². The maximum absolute atomic E-state index is 11.8. The average Bonchev–Trinajstić information content (AvgIpc) is 2.81. The predicted molar refractivity (Wildman–Crippen MR) is 81.8 cm³/mol. The molecule has 0 aliphatic rings. The van der Waals surface area contributed by atoms with Crippen molar-refractivity contribution >= 4 is 35.2 Å². The van der Waals surface area contributed by atoms with E-state index in [1.54, 1.807) is 6.92 Å². The van der Waals surface area contributed by atoms with E-state index in [-0.39, 0.29) is 24.9 Å². The van der Waals surface area contributed by atoms with E-state index in [0.717, 1.165) is 11.0 Å². The number of nitrogens with two attached hydrogens (primary N) is 2. The first kappa shape index (κ1) is 17.0. The molecule has 1 heterocycles. The fourth-order valence-electron chi connectivity index (χ4n) is 1.92. The van der Waals surface area contributed by atoms with Gasteiger partial charge >= 0.3 is 0 Å². The zero-order chi connectivity index (χ0) is 14.7. The molecule has 1 aromatic heterocycles. The Balaban J connectivity index is 0.00000220. The first-order valence-corrected chi connectivity index (χ1v) is 6.30. The van der Waals surface area contributed by atoms with Crippen molar-refractivity contribution in [3.63, 3.8) is 0 Å². The minimum Gasteiger partial charge on any atom is -0.459 e. The summed E-state index contributed by atoms with van der Waals surface area (Å²) in [6.45, 7) is 1.78. The van der Waals surface area contributed by atoms with Gasteiger partial charge < -0.3 is 21.2 Å². The normalized spacial score (nSPS) is 13.2. The molecule has 0 radical (unpaired) electrons. The van der Waals surface area contributed by atoms with Gasteiger partial charge in [0.05, 0.1) is 18.5 Å². The molecular weight excluding hydrogens is 294 g/mol. The molecule has 2 atom stereocenters. The quantitative estimate of drug-likeness (QED) is 0.771. The number of hydrogen-bond acceptors (Lipinski definition) is 4. The molecule has 0 fully saturated rings. The molecule has 6 nitrogen and oxygen atoms in total. The molecule has 0 aliphatic carbocycles. The zero-order valence-electron chi connectivity index (χ0n) is 11.5. The van der Waals surface area contributed by atoms with Gasteiger partial charge in [0.2, 0.25) is 11.8 Å². The third-order valence-corrected chi connectivity index (χ3v) is 2.99. The van der Waals surface area contributed by atoms with Crippen LogP contribution in [0.3, 0.4) is 0 Å². The lowest BCUT2D eigenvalue weighted by Crippen LogP contribution is -2.43. The van der Waals surface area contributed by atoms with Crippen molar-refractivity contribution in [2.24, 2.45) is 11.5 Å². The summed E-state index contributed by atoms with van der Waals surface area (Å²) in [4.78, 5) is 22.5. The molecule has 2 aromatic rings. The molecule has 0 spiro atoms. The van der Waals surface area contributed by atoms with Crippen molar-refractivity contribution in [1.29, 1.82) is 0 Å². The van der Waals surface area contributed by atoms with Gasteiger partial charge in [0.1, 0.15) is 11.3 Å². The summed E-state index contributed by atoms with van der Waals surface area (Å²) < 4.78 is 5.64. The number of para-hydroxylation sites is 1. The van der Waals surface area contributed by atoms with Crippen molar-refractivity contribution in [2.75, 3.05) is 0 Å². The molecule has 2 amide bonds. The molecule has 114 valence electrons. The van der Waals surface area contributed by atoms with Gasteiger partial charge in [0.15, 0.2) is 0 Å². The maximum atomic E-state index is 11.8. The third kappa shape index (κ3) is 4.21. The van der Waals surface area contributed by atoms with Gasteiger partial charge in [0.25, 0.3) is 0 Å². The molecule has 0 bridgehead atoms. The number of rotatable bonds is 5. The van der Waals surface area contributed by atoms with Crippen molar-refractivity contribution in [1.82, 2.24) is 5.32 Å². The highest BCUT2D eigenvalue weighted by Gasteiger charge is 2.20. The Kier molecular flexibility index (Phi) is 5.75. The summed E-state index contributed by atoms with van der Waals surface area (Å²) in [5, 5.41) is 3.66. The summed E-state index contributed by atoms with van der Waals surface area (Å²) in [5.74, 6) is -0.411. The van der Waals surface area contributed by atoms with Crippen LogP contribution in [0, 0.1) is 0 Å². The Labute approximate surface area is 128 Å². The second-order valence-electron chi connectivity index (χ2n) is 4.69. The molecular formula is C14H18ClN3O3. The van der Waals surface area contributed by atoms with E-state index >= 15 is 0 Å². The van der Waals surface area contributed by atoms with E-state index in [4.69, 9.17) is 15.9 Å². The molecule has 7 heteroatoms. The van der Waals surface area contributed by atoms with Gasteiger partial charge in [-0.2, -0.15) is 0 Å². The second kappa shape index (κ2) is 7.10. The predicted octanol–water partition coefficient (Wildman–Crippen LogP) is 1.23. The molecule has 5 N–H and O–H groups in total. The largest absolute Gasteiger partial charge is 0.459 e. The molecule has 0 aliphatic heterocycles. The first-order valence-electron chi connectivity index (χ1n) is 6.30. The van der Waals surface area contributed by atoms with E-state index < -0.39 is 17.9 Å². The first-order chi connectivity index (χ1) is 9.47. The third-order valence-electron chi connectivity index (χ3n) is 2.99. The SMILES string of the molecule is CC(NC(=O)C(N)CC(N)=O)c1cc2ccccc2o1.Cl. The number of amides is 2. The van der Waals surface area contributed by atoms with Crippen LogP contribution >= 0.6 is 12.4 Å². The van der Waals surface area contributed by atoms with Gasteiger partial charge in [-0.3, -0.25) is 9.59 Å². The zero-order valence-corrected chi connectivity index (χ0v) is 12.4. The Bertz CT molecular complexity index is 608. The lowest BCUT2D eigenvalue weighted by molar-refractivity contribution is -0.126. The molecule has 2 unspecified atom stereocenters. The van der Waals surface area contributed by atoms with Crippen molar-refractivity contribution in [2.45, 2.75) is 25.4 Å². The van der Waals surface area contributed by atoms with Gasteiger partial charge in [-0.25, -0.2) is 0 Å². The topological polar surface area (TPSA) is 111 Å². The standard InChI is InChI=1S/C14H17N3O3.ClH/c1-8(17-14(19)10(15)7-13(16)18)12-6-9-4-2-3-5-11(9)20-12;/h2-6,8,10H,7,15H2,1H3,(H2,16,18)(H,17,19);1H. The minimum absolute atomic E-state index is 0. The van der Waals surface area contributed by atoms with Crippen LogP contribution in [0.5, 0.6) is 0 Å². The number of halogens is 1. The van der Waals surface area contributed by atoms with Crippen molar-refractivity contribution in [3.8, 4) is 0 Å². The fraction of sp³-hybridized carbons (Fsp3) is 0.286. The highest BCUT2D eigenvalue weighted by atomic mass is 35.5. The lowest BCUT2D eigenvalue weighted by Gasteiger charge is -2.14. The van der Waals surface area contributed by atoms with Crippen LogP contribution in [0.1, 0.15) is 25.1 Å². The Morgan fingerprint density at radius 1 is 1.33 bits per heavy atom. The summed E-state index contributed by atoms with van der Waals surface area (Å²) in [5.41, 5.74) is 11.3. The summed E-state index contributed by atoms with van der Waals surface area (Å²) in [7, 11) is 0. The molecule has 21 heavy (non-hydrogen) atoms. The van der Waals surface area contributed by atoms with E-state index in [9.17, 15) is 9.59 Å². The van der Waals surface area contributed by atoms with E-state index in [0.29, 0.717) is 5.76 Å². The Morgan fingerprint density at radius 2 is 2.00 bits per heavy atom. The summed E-state index contributed by atoms with van der Waals surface area (Å²) in [6.07, 6.45) is -0.182. The highest BCUT2D eigenvalue weighted by molar-refractivity contribution is 5.87. The number of fused-ring (bicyclic) bond motifs is 1. The van der Waals surface area contributed by atoms with Crippen LogP contribution in [0.4, 0.5) is 0 Å². The highest BCUT2D eigenvalue weighted by Crippen LogP contribution is 2.23. The summed E-state index contributed by atoms with van der Waals surface area (Å²) in [6, 6.07) is 8.14.